The Hall–Kier alpha value is -2.31. The molecule has 1 aromatic carbocycles. The van der Waals surface area contributed by atoms with Gasteiger partial charge in [-0.25, -0.2) is 9.37 Å². The van der Waals surface area contributed by atoms with Gasteiger partial charge in [-0.05, 0) is 24.3 Å². The number of anilines is 1. The zero-order valence-corrected chi connectivity index (χ0v) is 12.8. The Morgan fingerprint density at radius 2 is 2.04 bits per heavy atom. The Morgan fingerprint density at radius 3 is 2.78 bits per heavy atom. The average Bonchev–Trinajstić information content (AvgIpc) is 2.66. The summed E-state index contributed by atoms with van der Waals surface area (Å²) < 4.78 is 14.2. The number of halogens is 2. The SMILES string of the molecule is O=C1CN=C(c2ccccc2F)c2nc(Cl)ccc2N1CCO. The van der Waals surface area contributed by atoms with E-state index in [2.05, 4.69) is 9.98 Å². The van der Waals surface area contributed by atoms with E-state index in [0.29, 0.717) is 11.4 Å². The molecule has 1 amide bonds. The highest BCUT2D eigenvalue weighted by Crippen LogP contribution is 2.27. The molecule has 1 aromatic heterocycles. The van der Waals surface area contributed by atoms with Crippen molar-refractivity contribution in [3.63, 3.8) is 0 Å². The molecule has 1 aliphatic heterocycles. The lowest BCUT2D eigenvalue weighted by atomic mass is 10.0. The molecule has 0 atom stereocenters. The van der Waals surface area contributed by atoms with Gasteiger partial charge in [0, 0.05) is 12.1 Å². The lowest BCUT2D eigenvalue weighted by molar-refractivity contribution is -0.117. The van der Waals surface area contributed by atoms with Gasteiger partial charge < -0.3 is 10.0 Å². The fourth-order valence-electron chi connectivity index (χ4n) is 2.47. The van der Waals surface area contributed by atoms with E-state index in [9.17, 15) is 14.3 Å². The fraction of sp³-hybridized carbons (Fsp3) is 0.188. The van der Waals surface area contributed by atoms with Gasteiger partial charge in [-0.15, -0.1) is 0 Å². The predicted octanol–water partition coefficient (Wildman–Crippen LogP) is 2.05. The van der Waals surface area contributed by atoms with Gasteiger partial charge >= 0.3 is 0 Å². The smallest absolute Gasteiger partial charge is 0.248 e. The van der Waals surface area contributed by atoms with Crippen LogP contribution in [0, 0.1) is 5.82 Å². The molecule has 7 heteroatoms. The van der Waals surface area contributed by atoms with Crippen LogP contribution < -0.4 is 4.90 Å². The third-order valence-electron chi connectivity index (χ3n) is 3.48. The number of aromatic nitrogens is 1. The second-order valence-electron chi connectivity index (χ2n) is 4.92. The van der Waals surface area contributed by atoms with E-state index in [1.165, 1.54) is 11.0 Å². The molecule has 0 aliphatic carbocycles. The molecule has 118 valence electrons. The Kier molecular flexibility index (Phi) is 4.36. The molecule has 1 N–H and O–H groups in total. The van der Waals surface area contributed by atoms with Crippen LogP contribution in [0.1, 0.15) is 11.3 Å². The summed E-state index contributed by atoms with van der Waals surface area (Å²) in [5.74, 6) is -0.752. The van der Waals surface area contributed by atoms with Gasteiger partial charge in [-0.3, -0.25) is 9.79 Å². The average molecular weight is 334 g/mol. The first kappa shape index (κ1) is 15.6. The van der Waals surface area contributed by atoms with Crippen LogP contribution in [0.5, 0.6) is 0 Å². The summed E-state index contributed by atoms with van der Waals surface area (Å²) in [4.78, 5) is 22.1. The number of β-amino-alcohol motifs (C(OH)–C–C–N with tert-alkyl or cyclic N) is 1. The number of hydrogen-bond donors (Lipinski definition) is 1. The number of carbonyl (C=O) groups excluding carboxylic acids is 1. The van der Waals surface area contributed by atoms with Gasteiger partial charge in [0.05, 0.1) is 18.0 Å². The van der Waals surface area contributed by atoms with Crippen molar-refractivity contribution in [2.75, 3.05) is 24.6 Å². The van der Waals surface area contributed by atoms with Crippen LogP contribution in [0.4, 0.5) is 10.1 Å². The number of nitrogens with zero attached hydrogens (tertiary/aromatic N) is 3. The van der Waals surface area contributed by atoms with Crippen LogP contribution in [0.25, 0.3) is 0 Å². The Labute approximate surface area is 137 Å². The van der Waals surface area contributed by atoms with Crippen LogP contribution >= 0.6 is 11.6 Å². The van der Waals surface area contributed by atoms with Crippen LogP contribution in [0.15, 0.2) is 41.4 Å². The fourth-order valence-corrected chi connectivity index (χ4v) is 2.62. The van der Waals surface area contributed by atoms with E-state index >= 15 is 0 Å². The minimum atomic E-state index is -0.456. The molecule has 2 aromatic rings. The number of benzene rings is 1. The molecule has 1 aliphatic rings. The highest BCUT2D eigenvalue weighted by molar-refractivity contribution is 6.30. The molecule has 0 saturated carbocycles. The topological polar surface area (TPSA) is 65.8 Å². The minimum absolute atomic E-state index is 0.106. The second kappa shape index (κ2) is 6.44. The van der Waals surface area contributed by atoms with Gasteiger partial charge in [-0.1, -0.05) is 23.7 Å². The molecule has 0 spiro atoms. The van der Waals surface area contributed by atoms with E-state index in [4.69, 9.17) is 11.6 Å². The lowest BCUT2D eigenvalue weighted by Crippen LogP contribution is -2.35. The van der Waals surface area contributed by atoms with Crippen LogP contribution in [-0.2, 0) is 4.79 Å². The van der Waals surface area contributed by atoms with Crippen molar-refractivity contribution in [1.29, 1.82) is 0 Å². The summed E-state index contributed by atoms with van der Waals surface area (Å²) in [5, 5.41) is 9.41. The number of aliphatic hydroxyl groups excluding tert-OH is 1. The van der Waals surface area contributed by atoms with Gasteiger partial charge in [-0.2, -0.15) is 0 Å². The monoisotopic (exact) mass is 333 g/mol. The highest BCUT2D eigenvalue weighted by atomic mass is 35.5. The largest absolute Gasteiger partial charge is 0.395 e. The molecule has 0 unspecified atom stereocenters. The van der Waals surface area contributed by atoms with E-state index in [-0.39, 0.29) is 42.0 Å². The van der Waals surface area contributed by atoms with Gasteiger partial charge in [0.2, 0.25) is 5.91 Å². The number of hydrogen-bond acceptors (Lipinski definition) is 4. The van der Waals surface area contributed by atoms with Gasteiger partial charge in [0.1, 0.15) is 23.2 Å². The number of amides is 1. The van der Waals surface area contributed by atoms with Crippen molar-refractivity contribution in [2.24, 2.45) is 4.99 Å². The minimum Gasteiger partial charge on any atom is -0.395 e. The predicted molar refractivity (Wildman–Crippen MR) is 85.6 cm³/mol. The standard InChI is InChI=1S/C16H13ClFN3O2/c17-13-6-5-12-16(20-13)15(10-3-1-2-4-11(10)18)19-9-14(23)21(12)7-8-22/h1-6,22H,7-9H2. The second-order valence-corrected chi connectivity index (χ2v) is 5.30. The quantitative estimate of drug-likeness (QED) is 0.874. The summed E-state index contributed by atoms with van der Waals surface area (Å²) in [6.07, 6.45) is 0. The number of rotatable bonds is 3. The maximum atomic E-state index is 14.2. The maximum Gasteiger partial charge on any atom is 0.248 e. The Bertz CT molecular complexity index is 795. The summed E-state index contributed by atoms with van der Waals surface area (Å²) in [5.41, 5.74) is 1.30. The third-order valence-corrected chi connectivity index (χ3v) is 3.69. The Morgan fingerprint density at radius 1 is 1.26 bits per heavy atom. The maximum absolute atomic E-state index is 14.2. The number of fused-ring (bicyclic) bond motifs is 1. The first-order valence-corrected chi connectivity index (χ1v) is 7.37. The summed E-state index contributed by atoms with van der Waals surface area (Å²) in [6.45, 7) is -0.254. The zero-order chi connectivity index (χ0) is 16.4. The molecule has 2 heterocycles. The van der Waals surface area contributed by atoms with E-state index in [1.54, 1.807) is 30.3 Å². The molecular weight excluding hydrogens is 321 g/mol. The van der Waals surface area contributed by atoms with Crippen molar-refractivity contribution in [1.82, 2.24) is 4.98 Å². The number of pyridine rings is 1. The normalized spacial score (nSPS) is 14.3. The molecule has 23 heavy (non-hydrogen) atoms. The van der Waals surface area contributed by atoms with E-state index in [0.717, 1.165) is 0 Å². The first-order chi connectivity index (χ1) is 11.1. The molecule has 5 nitrogen and oxygen atoms in total. The summed E-state index contributed by atoms with van der Waals surface area (Å²) >= 11 is 5.97. The van der Waals surface area contributed by atoms with Crippen molar-refractivity contribution < 1.29 is 14.3 Å². The highest BCUT2D eigenvalue weighted by Gasteiger charge is 2.27. The van der Waals surface area contributed by atoms with E-state index < -0.39 is 5.82 Å². The van der Waals surface area contributed by atoms with Crippen LogP contribution in [-0.4, -0.2) is 41.4 Å². The summed E-state index contributed by atoms with van der Waals surface area (Å²) in [7, 11) is 0. The van der Waals surface area contributed by atoms with Crippen LogP contribution in [0.2, 0.25) is 5.15 Å². The van der Waals surface area contributed by atoms with Crippen LogP contribution in [0.3, 0.4) is 0 Å². The molecule has 0 fully saturated rings. The van der Waals surface area contributed by atoms with Crippen molar-refractivity contribution >= 4 is 28.9 Å². The zero-order valence-electron chi connectivity index (χ0n) is 12.0. The third kappa shape index (κ3) is 2.95. The van der Waals surface area contributed by atoms with Crippen molar-refractivity contribution in [3.8, 4) is 0 Å². The van der Waals surface area contributed by atoms with Crippen molar-refractivity contribution in [3.05, 3.63) is 58.6 Å². The molecule has 0 bridgehead atoms. The number of aliphatic imine (C=N–C) groups is 1. The number of carbonyl (C=O) groups is 1. The number of aliphatic hydroxyl groups is 1. The van der Waals surface area contributed by atoms with Crippen molar-refractivity contribution in [2.45, 2.75) is 0 Å². The molecular formula is C16H13ClFN3O2. The first-order valence-electron chi connectivity index (χ1n) is 6.99. The Balaban J connectivity index is 2.22. The molecule has 0 saturated heterocycles. The van der Waals surface area contributed by atoms with Gasteiger partial charge in [0.15, 0.2) is 0 Å². The summed E-state index contributed by atoms with van der Waals surface area (Å²) in [6, 6.07) is 9.32. The van der Waals surface area contributed by atoms with Gasteiger partial charge in [0.25, 0.3) is 0 Å². The molecule has 0 radical (unpaired) electrons. The van der Waals surface area contributed by atoms with E-state index in [1.807, 2.05) is 0 Å². The molecule has 3 rings (SSSR count). The lowest BCUT2D eigenvalue weighted by Gasteiger charge is -2.21.